The zero-order valence-corrected chi connectivity index (χ0v) is 10.0. The highest BCUT2D eigenvalue weighted by molar-refractivity contribution is 5.66. The molecule has 2 rings (SSSR count). The van der Waals surface area contributed by atoms with Crippen LogP contribution in [-0.2, 0) is 0 Å². The van der Waals surface area contributed by atoms with Gasteiger partial charge in [0, 0.05) is 0 Å². The van der Waals surface area contributed by atoms with Gasteiger partial charge in [0.15, 0.2) is 0 Å². The molecule has 0 aromatic heterocycles. The maximum atomic E-state index is 5.18. The van der Waals surface area contributed by atoms with Gasteiger partial charge in [0.1, 0.15) is 5.75 Å². The van der Waals surface area contributed by atoms with Crippen molar-refractivity contribution in [3.8, 4) is 5.75 Å². The van der Waals surface area contributed by atoms with Crippen LogP contribution in [0.1, 0.15) is 44.1 Å². The van der Waals surface area contributed by atoms with E-state index in [1.54, 1.807) is 7.11 Å². The highest BCUT2D eigenvalue weighted by Gasteiger charge is 2.04. The molecule has 0 amide bonds. The highest BCUT2D eigenvalue weighted by Crippen LogP contribution is 2.26. The van der Waals surface area contributed by atoms with Crippen LogP contribution >= 0.6 is 0 Å². The van der Waals surface area contributed by atoms with Crippen molar-refractivity contribution in [2.45, 2.75) is 38.5 Å². The first-order chi connectivity index (χ1) is 7.90. The van der Waals surface area contributed by atoms with E-state index in [2.05, 4.69) is 30.3 Å². The Kier molecular flexibility index (Phi) is 4.03. The minimum atomic E-state index is 0.940. The monoisotopic (exact) mass is 216 g/mol. The number of hydrogen-bond acceptors (Lipinski definition) is 1. The van der Waals surface area contributed by atoms with Crippen molar-refractivity contribution in [3.05, 3.63) is 35.9 Å². The zero-order valence-electron chi connectivity index (χ0n) is 10.0. The number of ether oxygens (including phenoxy) is 1. The SMILES string of the molecule is COc1ccc(/C2=C\CCCCCC2)cc1. The minimum absolute atomic E-state index is 0.940. The molecule has 0 aliphatic heterocycles. The first-order valence-electron chi connectivity index (χ1n) is 6.23. The van der Waals surface area contributed by atoms with Gasteiger partial charge in [-0.3, -0.25) is 0 Å². The van der Waals surface area contributed by atoms with Crippen molar-refractivity contribution in [3.63, 3.8) is 0 Å². The topological polar surface area (TPSA) is 9.23 Å². The second-order valence-electron chi connectivity index (χ2n) is 4.41. The standard InChI is InChI=1S/C15H20O/c1-16-15-11-9-14(10-12-15)13-7-5-3-2-4-6-8-13/h7,9-12H,2-6,8H2,1H3/b13-7-. The Morgan fingerprint density at radius 3 is 2.44 bits per heavy atom. The predicted octanol–water partition coefficient (Wildman–Crippen LogP) is 4.43. The molecule has 1 aliphatic carbocycles. The summed E-state index contributed by atoms with van der Waals surface area (Å²) >= 11 is 0. The summed E-state index contributed by atoms with van der Waals surface area (Å²) in [5.74, 6) is 0.940. The van der Waals surface area contributed by atoms with Gasteiger partial charge in [0.25, 0.3) is 0 Å². The van der Waals surface area contributed by atoms with Gasteiger partial charge in [-0.05, 0) is 49.0 Å². The van der Waals surface area contributed by atoms with Gasteiger partial charge in [0.05, 0.1) is 7.11 Å². The molecule has 1 aliphatic rings. The van der Waals surface area contributed by atoms with Crippen LogP contribution in [0.3, 0.4) is 0 Å². The summed E-state index contributed by atoms with van der Waals surface area (Å²) in [6, 6.07) is 8.45. The fourth-order valence-electron chi connectivity index (χ4n) is 2.26. The number of rotatable bonds is 2. The average molecular weight is 216 g/mol. The third-order valence-corrected chi connectivity index (χ3v) is 3.25. The summed E-state index contributed by atoms with van der Waals surface area (Å²) in [6.45, 7) is 0. The number of methoxy groups -OCH3 is 1. The van der Waals surface area contributed by atoms with Crippen LogP contribution in [0.25, 0.3) is 5.57 Å². The number of benzene rings is 1. The first kappa shape index (κ1) is 11.3. The van der Waals surface area contributed by atoms with Crippen LogP contribution < -0.4 is 4.74 Å². The lowest BCUT2D eigenvalue weighted by atomic mass is 9.95. The molecule has 86 valence electrons. The molecule has 1 nitrogen and oxygen atoms in total. The van der Waals surface area contributed by atoms with Gasteiger partial charge in [0.2, 0.25) is 0 Å². The average Bonchev–Trinajstić information content (AvgIpc) is 2.29. The molecule has 0 spiro atoms. The molecule has 0 radical (unpaired) electrons. The fraction of sp³-hybridized carbons (Fsp3) is 0.467. The molecule has 0 atom stereocenters. The Hall–Kier alpha value is -1.24. The first-order valence-corrected chi connectivity index (χ1v) is 6.23. The fourth-order valence-corrected chi connectivity index (χ4v) is 2.26. The maximum absolute atomic E-state index is 5.18. The van der Waals surface area contributed by atoms with Gasteiger partial charge < -0.3 is 4.74 Å². The van der Waals surface area contributed by atoms with E-state index >= 15 is 0 Å². The molecule has 0 saturated carbocycles. The smallest absolute Gasteiger partial charge is 0.118 e. The second kappa shape index (κ2) is 5.74. The van der Waals surface area contributed by atoms with E-state index < -0.39 is 0 Å². The third-order valence-electron chi connectivity index (χ3n) is 3.25. The lowest BCUT2D eigenvalue weighted by Crippen LogP contribution is -1.91. The molecular formula is C15H20O. The van der Waals surface area contributed by atoms with E-state index in [4.69, 9.17) is 4.74 Å². The summed E-state index contributed by atoms with van der Waals surface area (Å²) in [5.41, 5.74) is 2.88. The molecule has 1 aromatic carbocycles. The van der Waals surface area contributed by atoms with Crippen molar-refractivity contribution in [1.29, 1.82) is 0 Å². The number of allylic oxidation sites excluding steroid dienone is 2. The van der Waals surface area contributed by atoms with Crippen molar-refractivity contribution >= 4 is 5.57 Å². The summed E-state index contributed by atoms with van der Waals surface area (Å²) in [5, 5.41) is 0. The van der Waals surface area contributed by atoms with Gasteiger partial charge in [-0.1, -0.05) is 31.1 Å². The molecule has 0 heterocycles. The van der Waals surface area contributed by atoms with E-state index in [1.165, 1.54) is 49.7 Å². The van der Waals surface area contributed by atoms with Crippen molar-refractivity contribution in [2.75, 3.05) is 7.11 Å². The van der Waals surface area contributed by atoms with Crippen LogP contribution in [0.2, 0.25) is 0 Å². The van der Waals surface area contributed by atoms with Gasteiger partial charge in [-0.2, -0.15) is 0 Å². The number of hydrogen-bond donors (Lipinski definition) is 0. The van der Waals surface area contributed by atoms with Gasteiger partial charge >= 0.3 is 0 Å². The molecule has 1 heteroatoms. The van der Waals surface area contributed by atoms with Crippen molar-refractivity contribution in [2.24, 2.45) is 0 Å². The Labute approximate surface area is 98.1 Å². The third kappa shape index (κ3) is 2.88. The van der Waals surface area contributed by atoms with Crippen LogP contribution in [0.15, 0.2) is 30.3 Å². The molecule has 1 aromatic rings. The van der Waals surface area contributed by atoms with Crippen molar-refractivity contribution < 1.29 is 4.74 Å². The van der Waals surface area contributed by atoms with Crippen LogP contribution in [0.5, 0.6) is 5.75 Å². The van der Waals surface area contributed by atoms with Crippen LogP contribution in [0.4, 0.5) is 0 Å². The molecule has 0 saturated heterocycles. The molecule has 0 N–H and O–H groups in total. The van der Waals surface area contributed by atoms with Gasteiger partial charge in [-0.25, -0.2) is 0 Å². The van der Waals surface area contributed by atoms with Crippen LogP contribution in [0, 0.1) is 0 Å². The van der Waals surface area contributed by atoms with E-state index in [-0.39, 0.29) is 0 Å². The normalized spacial score (nSPS) is 20.4. The maximum Gasteiger partial charge on any atom is 0.118 e. The van der Waals surface area contributed by atoms with E-state index in [0.29, 0.717) is 0 Å². The van der Waals surface area contributed by atoms with Crippen LogP contribution in [-0.4, -0.2) is 7.11 Å². The molecule has 0 fully saturated rings. The second-order valence-corrected chi connectivity index (χ2v) is 4.41. The quantitative estimate of drug-likeness (QED) is 0.710. The Morgan fingerprint density at radius 2 is 1.69 bits per heavy atom. The highest BCUT2D eigenvalue weighted by atomic mass is 16.5. The summed E-state index contributed by atoms with van der Waals surface area (Å²) in [6.07, 6.45) is 10.3. The van der Waals surface area contributed by atoms with E-state index in [1.807, 2.05) is 0 Å². The lowest BCUT2D eigenvalue weighted by Gasteiger charge is -2.12. The molecular weight excluding hydrogens is 196 g/mol. The Balaban J connectivity index is 2.14. The van der Waals surface area contributed by atoms with E-state index in [0.717, 1.165) is 5.75 Å². The minimum Gasteiger partial charge on any atom is -0.497 e. The molecule has 16 heavy (non-hydrogen) atoms. The summed E-state index contributed by atoms with van der Waals surface area (Å²) in [4.78, 5) is 0. The molecule has 0 bridgehead atoms. The Morgan fingerprint density at radius 1 is 0.938 bits per heavy atom. The summed E-state index contributed by atoms with van der Waals surface area (Å²) in [7, 11) is 1.71. The van der Waals surface area contributed by atoms with Crippen molar-refractivity contribution in [1.82, 2.24) is 0 Å². The zero-order chi connectivity index (χ0) is 11.2. The lowest BCUT2D eigenvalue weighted by molar-refractivity contribution is 0.415. The predicted molar refractivity (Wildman–Crippen MR) is 68.7 cm³/mol. The summed E-state index contributed by atoms with van der Waals surface area (Å²) < 4.78 is 5.18. The Bertz CT molecular complexity index is 348. The van der Waals surface area contributed by atoms with Gasteiger partial charge in [-0.15, -0.1) is 0 Å². The molecule has 0 unspecified atom stereocenters. The van der Waals surface area contributed by atoms with E-state index in [9.17, 15) is 0 Å². The largest absolute Gasteiger partial charge is 0.497 e.